The Morgan fingerprint density at radius 2 is 2.11 bits per heavy atom. The minimum Gasteiger partial charge on any atom is -0.496 e. The van der Waals surface area contributed by atoms with Gasteiger partial charge in [-0.1, -0.05) is 29.8 Å². The lowest BCUT2D eigenvalue weighted by Crippen LogP contribution is -2.39. The molecule has 2 rings (SSSR count). The van der Waals surface area contributed by atoms with Crippen molar-refractivity contribution in [1.82, 2.24) is 0 Å². The molecule has 0 aromatic heterocycles. The van der Waals surface area contributed by atoms with E-state index in [0.717, 1.165) is 35.0 Å². The molecule has 1 aliphatic carbocycles. The van der Waals surface area contributed by atoms with Gasteiger partial charge >= 0.3 is 0 Å². The Morgan fingerprint density at radius 3 is 2.74 bits per heavy atom. The first-order chi connectivity index (χ1) is 8.93. The Kier molecular flexibility index (Phi) is 4.57. The molecule has 3 unspecified atom stereocenters. The summed E-state index contributed by atoms with van der Waals surface area (Å²) in [7, 11) is 1.68. The molecule has 0 saturated heterocycles. The maximum Gasteiger partial charge on any atom is 0.122 e. The maximum absolute atomic E-state index is 10.9. The minimum atomic E-state index is -0.583. The van der Waals surface area contributed by atoms with Crippen LogP contribution in [0.2, 0.25) is 0 Å². The first kappa shape index (κ1) is 14.9. The first-order valence-electron chi connectivity index (χ1n) is 6.98. The third kappa shape index (κ3) is 3.51. The Hall–Kier alpha value is -0.540. The van der Waals surface area contributed by atoms with Crippen molar-refractivity contribution in [2.24, 2.45) is 11.8 Å². The molecule has 1 N–H and O–H groups in total. The summed E-state index contributed by atoms with van der Waals surface area (Å²) in [5.74, 6) is 2.16. The van der Waals surface area contributed by atoms with Crippen LogP contribution in [0.5, 0.6) is 5.75 Å². The number of benzene rings is 1. The molecule has 3 atom stereocenters. The third-order valence-electron chi connectivity index (χ3n) is 4.50. The molecule has 0 aliphatic heterocycles. The predicted molar refractivity (Wildman–Crippen MR) is 81.5 cm³/mol. The van der Waals surface area contributed by atoms with Crippen molar-refractivity contribution < 1.29 is 9.84 Å². The zero-order chi connectivity index (χ0) is 14.0. The SMILES string of the molecule is COc1ccc(Br)cc1CC1(O)CCC(C)C(C)C1. The number of methoxy groups -OCH3 is 1. The molecule has 1 fully saturated rings. The van der Waals surface area contributed by atoms with Crippen molar-refractivity contribution in [3.63, 3.8) is 0 Å². The molecule has 106 valence electrons. The molecule has 1 aromatic rings. The van der Waals surface area contributed by atoms with Gasteiger partial charge < -0.3 is 9.84 Å². The number of hydrogen-bond acceptors (Lipinski definition) is 2. The van der Waals surface area contributed by atoms with Gasteiger partial charge in [0.25, 0.3) is 0 Å². The topological polar surface area (TPSA) is 29.5 Å². The van der Waals surface area contributed by atoms with Gasteiger partial charge in [-0.25, -0.2) is 0 Å². The second kappa shape index (κ2) is 5.84. The van der Waals surface area contributed by atoms with E-state index in [2.05, 4.69) is 35.8 Å². The van der Waals surface area contributed by atoms with Crippen LogP contribution in [0, 0.1) is 11.8 Å². The molecule has 2 nitrogen and oxygen atoms in total. The van der Waals surface area contributed by atoms with Crippen LogP contribution in [-0.2, 0) is 6.42 Å². The van der Waals surface area contributed by atoms with E-state index < -0.39 is 5.60 Å². The van der Waals surface area contributed by atoms with Crippen molar-refractivity contribution in [3.05, 3.63) is 28.2 Å². The fourth-order valence-corrected chi connectivity index (χ4v) is 3.49. The molecule has 0 heterocycles. The lowest BCUT2D eigenvalue weighted by Gasteiger charge is -2.39. The summed E-state index contributed by atoms with van der Waals surface area (Å²) in [6, 6.07) is 5.98. The Labute approximate surface area is 124 Å². The van der Waals surface area contributed by atoms with Crippen LogP contribution in [0.4, 0.5) is 0 Å². The quantitative estimate of drug-likeness (QED) is 0.902. The second-order valence-electron chi connectivity index (χ2n) is 6.05. The van der Waals surface area contributed by atoms with Crippen molar-refractivity contribution in [2.75, 3.05) is 7.11 Å². The van der Waals surface area contributed by atoms with Gasteiger partial charge in [-0.15, -0.1) is 0 Å². The van der Waals surface area contributed by atoms with Gasteiger partial charge in [-0.3, -0.25) is 0 Å². The highest BCUT2D eigenvalue weighted by atomic mass is 79.9. The summed E-state index contributed by atoms with van der Waals surface area (Å²) in [6.07, 6.45) is 3.54. The number of rotatable bonds is 3. The number of ether oxygens (including phenoxy) is 1. The zero-order valence-electron chi connectivity index (χ0n) is 11.9. The zero-order valence-corrected chi connectivity index (χ0v) is 13.5. The molecule has 0 radical (unpaired) electrons. The van der Waals surface area contributed by atoms with E-state index in [1.54, 1.807) is 7.11 Å². The van der Waals surface area contributed by atoms with Crippen LogP contribution < -0.4 is 4.74 Å². The highest BCUT2D eigenvalue weighted by Gasteiger charge is 2.36. The maximum atomic E-state index is 10.9. The monoisotopic (exact) mass is 326 g/mol. The number of halogens is 1. The van der Waals surface area contributed by atoms with Gasteiger partial charge in [0, 0.05) is 10.9 Å². The van der Waals surface area contributed by atoms with Crippen molar-refractivity contribution in [3.8, 4) is 5.75 Å². The van der Waals surface area contributed by atoms with Crippen LogP contribution in [0.1, 0.15) is 38.7 Å². The molecule has 0 amide bonds. The highest BCUT2D eigenvalue weighted by Crippen LogP contribution is 2.39. The average Bonchev–Trinajstić information content (AvgIpc) is 2.35. The molecule has 1 saturated carbocycles. The largest absolute Gasteiger partial charge is 0.496 e. The van der Waals surface area contributed by atoms with Gasteiger partial charge in [0.05, 0.1) is 12.7 Å². The lowest BCUT2D eigenvalue weighted by atomic mass is 9.71. The molecule has 1 aromatic carbocycles. The van der Waals surface area contributed by atoms with E-state index >= 15 is 0 Å². The van der Waals surface area contributed by atoms with Crippen molar-refractivity contribution in [1.29, 1.82) is 0 Å². The van der Waals surface area contributed by atoms with Gasteiger partial charge in [0.1, 0.15) is 5.75 Å². The predicted octanol–water partition coefficient (Wildman–Crippen LogP) is 4.19. The summed E-state index contributed by atoms with van der Waals surface area (Å²) < 4.78 is 6.43. The molecule has 0 bridgehead atoms. The van der Waals surface area contributed by atoms with E-state index in [0.29, 0.717) is 18.3 Å². The standard InChI is InChI=1S/C16H23BrO2/c1-11-6-7-16(18,9-12(11)2)10-13-8-14(17)4-5-15(13)19-3/h4-5,8,11-12,18H,6-7,9-10H2,1-3H3. The smallest absolute Gasteiger partial charge is 0.122 e. The van der Waals surface area contributed by atoms with Crippen LogP contribution in [0.3, 0.4) is 0 Å². The van der Waals surface area contributed by atoms with Gasteiger partial charge in [0.15, 0.2) is 0 Å². The lowest BCUT2D eigenvalue weighted by molar-refractivity contribution is -0.0283. The van der Waals surface area contributed by atoms with Gasteiger partial charge in [-0.2, -0.15) is 0 Å². The molecule has 1 aliphatic rings. The van der Waals surface area contributed by atoms with Crippen LogP contribution >= 0.6 is 15.9 Å². The summed E-state index contributed by atoms with van der Waals surface area (Å²) in [5.41, 5.74) is 0.501. The second-order valence-corrected chi connectivity index (χ2v) is 6.97. The molecule has 3 heteroatoms. The Morgan fingerprint density at radius 1 is 1.37 bits per heavy atom. The summed E-state index contributed by atoms with van der Waals surface area (Å²) in [6.45, 7) is 4.52. The number of aliphatic hydroxyl groups is 1. The highest BCUT2D eigenvalue weighted by molar-refractivity contribution is 9.10. The van der Waals surface area contributed by atoms with Crippen LogP contribution in [0.15, 0.2) is 22.7 Å². The van der Waals surface area contributed by atoms with E-state index in [4.69, 9.17) is 4.74 Å². The fourth-order valence-electron chi connectivity index (χ4n) is 3.08. The average molecular weight is 327 g/mol. The molecular formula is C16H23BrO2. The van der Waals surface area contributed by atoms with Gasteiger partial charge in [-0.05, 0) is 54.9 Å². The summed E-state index contributed by atoms with van der Waals surface area (Å²) in [5, 5.41) is 10.9. The molecular weight excluding hydrogens is 304 g/mol. The van der Waals surface area contributed by atoms with Crippen molar-refractivity contribution in [2.45, 2.75) is 45.1 Å². The summed E-state index contributed by atoms with van der Waals surface area (Å²) >= 11 is 3.49. The first-order valence-corrected chi connectivity index (χ1v) is 7.77. The fraction of sp³-hybridized carbons (Fsp3) is 0.625. The van der Waals surface area contributed by atoms with Crippen molar-refractivity contribution >= 4 is 15.9 Å². The Balaban J connectivity index is 2.18. The van der Waals surface area contributed by atoms with E-state index in [9.17, 15) is 5.11 Å². The van der Waals surface area contributed by atoms with E-state index in [1.165, 1.54) is 0 Å². The van der Waals surface area contributed by atoms with E-state index in [-0.39, 0.29) is 0 Å². The van der Waals surface area contributed by atoms with E-state index in [1.807, 2.05) is 12.1 Å². The Bertz CT molecular complexity index is 446. The summed E-state index contributed by atoms with van der Waals surface area (Å²) in [4.78, 5) is 0. The van der Waals surface area contributed by atoms with Crippen LogP contribution in [0.25, 0.3) is 0 Å². The number of hydrogen-bond donors (Lipinski definition) is 1. The third-order valence-corrected chi connectivity index (χ3v) is 4.99. The molecule has 0 spiro atoms. The van der Waals surface area contributed by atoms with Crippen LogP contribution in [-0.4, -0.2) is 17.8 Å². The van der Waals surface area contributed by atoms with Gasteiger partial charge in [0.2, 0.25) is 0 Å². The minimum absolute atomic E-state index is 0.580. The molecule has 19 heavy (non-hydrogen) atoms. The normalized spacial score (nSPS) is 31.2.